The molecule has 4 aliphatic heterocycles. The summed E-state index contributed by atoms with van der Waals surface area (Å²) in [7, 11) is 1.44. The van der Waals surface area contributed by atoms with E-state index in [4.69, 9.17) is 14.3 Å². The van der Waals surface area contributed by atoms with E-state index in [1.807, 2.05) is 31.2 Å². The number of hydroxylamine groups is 1. The average molecular weight is 539 g/mol. The molecule has 2 aliphatic carbocycles. The minimum Gasteiger partial charge on any atom is -0.458 e. The van der Waals surface area contributed by atoms with E-state index in [0.717, 1.165) is 5.56 Å². The lowest BCUT2D eigenvalue weighted by Crippen LogP contribution is -2.50. The smallest absolute Gasteiger partial charge is 0.336 e. The fraction of sp³-hybridized carbons (Fsp3) is 0.552. The second kappa shape index (κ2) is 9.26. The third-order valence-corrected chi connectivity index (χ3v) is 9.58. The highest BCUT2D eigenvalue weighted by molar-refractivity contribution is 6.08. The van der Waals surface area contributed by atoms with Crippen LogP contribution in [0.2, 0.25) is 0 Å². The molecule has 4 heterocycles. The number of aliphatic hydroxyl groups excluding tert-OH is 1. The maximum Gasteiger partial charge on any atom is 0.336 e. The molecule has 1 amide bonds. The number of nitrogens with one attached hydrogen (secondary N) is 1. The zero-order chi connectivity index (χ0) is 27.7. The Balaban J connectivity index is 1.43. The van der Waals surface area contributed by atoms with Gasteiger partial charge in [-0.05, 0) is 36.5 Å². The molecule has 2 bridgehead atoms. The number of fused-ring (bicyclic) bond motifs is 4. The molecule has 1 spiro atoms. The quantitative estimate of drug-likeness (QED) is 0.362. The predicted molar refractivity (Wildman–Crippen MR) is 138 cm³/mol. The number of ketones is 1. The van der Waals surface area contributed by atoms with Gasteiger partial charge in [0, 0.05) is 30.2 Å². The Kier molecular flexibility index (Phi) is 6.22. The van der Waals surface area contributed by atoms with Gasteiger partial charge in [0.1, 0.15) is 17.1 Å². The highest BCUT2D eigenvalue weighted by atomic mass is 16.7. The van der Waals surface area contributed by atoms with Crippen LogP contribution in [0, 0.1) is 17.8 Å². The maximum absolute atomic E-state index is 14.1. The second-order valence-electron chi connectivity index (χ2n) is 11.3. The number of hydrogen-bond acceptors (Lipinski definition) is 9. The third-order valence-electron chi connectivity index (χ3n) is 9.58. The molecule has 3 N–H and O–H groups in total. The molecule has 10 nitrogen and oxygen atoms in total. The molecule has 2 saturated heterocycles. The van der Waals surface area contributed by atoms with Gasteiger partial charge in [-0.3, -0.25) is 14.4 Å². The number of nitrogens with zero attached hydrogens (tertiary/aromatic N) is 1. The van der Waals surface area contributed by atoms with Crippen LogP contribution in [0.1, 0.15) is 38.7 Å². The highest BCUT2D eigenvalue weighted by Crippen LogP contribution is 2.53. The number of anilines is 1. The Morgan fingerprint density at radius 2 is 2.08 bits per heavy atom. The second-order valence-corrected chi connectivity index (χ2v) is 11.3. The van der Waals surface area contributed by atoms with Crippen LogP contribution in [0.25, 0.3) is 0 Å². The highest BCUT2D eigenvalue weighted by Gasteiger charge is 2.62. The van der Waals surface area contributed by atoms with E-state index in [2.05, 4.69) is 5.32 Å². The summed E-state index contributed by atoms with van der Waals surface area (Å²) in [6.45, 7) is 3.36. The minimum atomic E-state index is -1.49. The molecule has 1 aromatic carbocycles. The zero-order valence-corrected chi connectivity index (χ0v) is 22.3. The van der Waals surface area contributed by atoms with Crippen LogP contribution >= 0.6 is 0 Å². The Bertz CT molecular complexity index is 1290. The van der Waals surface area contributed by atoms with Crippen LogP contribution in [-0.2, 0) is 34.1 Å². The van der Waals surface area contributed by atoms with Crippen molar-refractivity contribution in [3.8, 4) is 0 Å². The fourth-order valence-corrected chi connectivity index (χ4v) is 7.46. The van der Waals surface area contributed by atoms with Crippen LogP contribution in [0.3, 0.4) is 0 Å². The van der Waals surface area contributed by atoms with Crippen LogP contribution in [0.5, 0.6) is 0 Å². The lowest BCUT2D eigenvalue weighted by atomic mass is 9.72. The first-order valence-corrected chi connectivity index (χ1v) is 13.6. The molecule has 0 aromatic heterocycles. The third kappa shape index (κ3) is 3.51. The van der Waals surface area contributed by atoms with Crippen LogP contribution in [0.4, 0.5) is 5.69 Å². The number of para-hydroxylation sites is 1. The summed E-state index contributed by atoms with van der Waals surface area (Å²) in [4.78, 5) is 45.5. The van der Waals surface area contributed by atoms with Crippen molar-refractivity contribution in [3.05, 3.63) is 53.3 Å². The summed E-state index contributed by atoms with van der Waals surface area (Å²) in [6.07, 6.45) is 3.19. The van der Waals surface area contributed by atoms with Gasteiger partial charge in [0.25, 0.3) is 5.91 Å². The monoisotopic (exact) mass is 538 g/mol. The molecule has 6 aliphatic rings. The molecule has 208 valence electrons. The van der Waals surface area contributed by atoms with Crippen molar-refractivity contribution in [1.29, 1.82) is 0 Å². The maximum atomic E-state index is 14.1. The minimum absolute atomic E-state index is 0.0215. The molecule has 3 fully saturated rings. The topological polar surface area (TPSA) is 135 Å². The van der Waals surface area contributed by atoms with Gasteiger partial charge in [-0.1, -0.05) is 32.0 Å². The van der Waals surface area contributed by atoms with Crippen molar-refractivity contribution >= 4 is 23.3 Å². The number of amides is 1. The van der Waals surface area contributed by atoms with Gasteiger partial charge in [0.05, 0.1) is 43.6 Å². The van der Waals surface area contributed by atoms with Crippen molar-refractivity contribution in [2.75, 3.05) is 25.4 Å². The fourth-order valence-electron chi connectivity index (χ4n) is 7.46. The molecule has 7 rings (SSSR count). The number of ether oxygens (including phenoxy) is 2. The van der Waals surface area contributed by atoms with Crippen LogP contribution in [-0.4, -0.2) is 72.0 Å². The van der Waals surface area contributed by atoms with Gasteiger partial charge in [0.2, 0.25) is 0 Å². The average Bonchev–Trinajstić information content (AvgIpc) is 3.38. The molecule has 1 saturated carbocycles. The molecule has 0 unspecified atom stereocenters. The summed E-state index contributed by atoms with van der Waals surface area (Å²) in [6, 6.07) is 6.94. The molecule has 1 aromatic rings. The summed E-state index contributed by atoms with van der Waals surface area (Å²) < 4.78 is 11.9. The predicted octanol–water partition coefficient (Wildman–Crippen LogP) is 1.30. The van der Waals surface area contributed by atoms with E-state index in [1.54, 1.807) is 19.2 Å². The van der Waals surface area contributed by atoms with Gasteiger partial charge < -0.3 is 25.0 Å². The molecule has 39 heavy (non-hydrogen) atoms. The molecular formula is C29H34N2O8. The number of esters is 1. The lowest BCUT2D eigenvalue weighted by Gasteiger charge is -2.34. The molecule has 0 radical (unpaired) electrons. The van der Waals surface area contributed by atoms with Gasteiger partial charge in [-0.15, -0.1) is 0 Å². The zero-order valence-electron chi connectivity index (χ0n) is 22.3. The largest absolute Gasteiger partial charge is 0.458 e. The number of hydrogen-bond donors (Lipinski definition) is 3. The molecule has 8 atom stereocenters. The van der Waals surface area contributed by atoms with Crippen molar-refractivity contribution in [2.24, 2.45) is 17.8 Å². The van der Waals surface area contributed by atoms with Crippen molar-refractivity contribution in [1.82, 2.24) is 5.32 Å². The van der Waals surface area contributed by atoms with E-state index in [9.17, 15) is 24.6 Å². The summed E-state index contributed by atoms with van der Waals surface area (Å²) in [5, 5.41) is 25.9. The normalized spacial score (nSPS) is 39.6. The van der Waals surface area contributed by atoms with Gasteiger partial charge in [-0.25, -0.2) is 4.79 Å². The van der Waals surface area contributed by atoms with Crippen molar-refractivity contribution in [2.45, 2.75) is 62.4 Å². The number of Topliss-reactive ketones (excluding diaryl/α,β-unsaturated/α-hetero) is 1. The van der Waals surface area contributed by atoms with E-state index in [0.29, 0.717) is 24.1 Å². The van der Waals surface area contributed by atoms with E-state index < -0.39 is 47.8 Å². The Morgan fingerprint density at radius 3 is 2.79 bits per heavy atom. The molecular weight excluding hydrogens is 504 g/mol. The Labute approximate surface area is 226 Å². The first-order valence-electron chi connectivity index (χ1n) is 13.6. The number of carbonyl (C=O) groups excluding carboxylic acids is 3. The van der Waals surface area contributed by atoms with E-state index in [-0.39, 0.29) is 42.1 Å². The van der Waals surface area contributed by atoms with E-state index >= 15 is 0 Å². The first kappa shape index (κ1) is 26.2. The van der Waals surface area contributed by atoms with Crippen molar-refractivity contribution in [3.63, 3.8) is 0 Å². The van der Waals surface area contributed by atoms with Crippen LogP contribution in [0.15, 0.2) is 47.7 Å². The first-order chi connectivity index (χ1) is 18.7. The number of aliphatic hydroxyl groups is 2. The summed E-state index contributed by atoms with van der Waals surface area (Å²) in [5.74, 6) is -2.16. The van der Waals surface area contributed by atoms with Gasteiger partial charge >= 0.3 is 5.97 Å². The number of benzene rings is 1. The SMILES string of the molecule is CCC(=O)C1=C[C@H]2OC[C@@H]1[C@@H](N/C=C1/C(=O)O[C@H]3C[C@H](C)[C@@](O)(CO)[C@@H]13)C[C@@]21C(=O)N(OC)c2ccccc21. The van der Waals surface area contributed by atoms with Gasteiger partial charge in [0.15, 0.2) is 5.78 Å². The lowest BCUT2D eigenvalue weighted by molar-refractivity contribution is -0.139. The van der Waals surface area contributed by atoms with Gasteiger partial charge in [-0.2, -0.15) is 5.06 Å². The van der Waals surface area contributed by atoms with Crippen LogP contribution < -0.4 is 10.4 Å². The number of carbonyl (C=O) groups is 3. The molecule has 10 heteroatoms. The summed E-state index contributed by atoms with van der Waals surface area (Å²) in [5.41, 5.74) is -0.403. The Morgan fingerprint density at radius 1 is 1.31 bits per heavy atom. The summed E-state index contributed by atoms with van der Waals surface area (Å²) >= 11 is 0. The van der Waals surface area contributed by atoms with E-state index in [1.165, 1.54) is 12.2 Å². The standard InChI is InChI=1S/C29H34N2O8/c1-4-22(33)16-10-24-28(19-7-5-6-8-21(19)31(37-3)27(28)35)11-20(18(16)13-38-24)30-12-17-25-23(39-26(17)34)9-15(2)29(25,36)14-32/h5-8,10,12,15,18,20,23-25,30,32,36H,4,9,11,13-14H2,1-3H3/b17-12+/t15-,18-,20-,23-,24+,25-,28-,29-/m0/s1. The Hall–Kier alpha value is -3.05. The van der Waals surface area contributed by atoms with Crippen molar-refractivity contribution < 1.29 is 38.9 Å². The number of rotatable bonds is 6.